The van der Waals surface area contributed by atoms with Gasteiger partial charge in [0.15, 0.2) is 0 Å². The zero-order chi connectivity index (χ0) is 13.2. The number of carbonyl (C=O) groups is 1. The van der Waals surface area contributed by atoms with E-state index in [1.54, 1.807) is 0 Å². The second kappa shape index (κ2) is 6.91. The number of hydrogen-bond acceptors (Lipinski definition) is 3. The molecule has 2 saturated heterocycles. The van der Waals surface area contributed by atoms with Crippen LogP contribution in [0.15, 0.2) is 0 Å². The molecule has 4 nitrogen and oxygen atoms in total. The van der Waals surface area contributed by atoms with Crippen LogP contribution in [-0.4, -0.2) is 61.5 Å². The summed E-state index contributed by atoms with van der Waals surface area (Å²) in [7, 11) is 1.91. The Morgan fingerprint density at radius 2 is 1.95 bits per heavy atom. The minimum Gasteiger partial charge on any atom is -0.342 e. The van der Waals surface area contributed by atoms with Gasteiger partial charge >= 0.3 is 0 Å². The van der Waals surface area contributed by atoms with Crippen LogP contribution in [0.5, 0.6) is 0 Å². The first-order chi connectivity index (χ1) is 8.52. The van der Waals surface area contributed by atoms with Gasteiger partial charge in [-0.25, -0.2) is 0 Å². The van der Waals surface area contributed by atoms with Crippen LogP contribution in [0, 0.1) is 5.41 Å². The van der Waals surface area contributed by atoms with Gasteiger partial charge in [-0.2, -0.15) is 0 Å². The highest BCUT2D eigenvalue weighted by Gasteiger charge is 2.39. The van der Waals surface area contributed by atoms with Gasteiger partial charge in [0.2, 0.25) is 5.91 Å². The standard InChI is InChI=1S/C14H27N3O.ClH/c1-12(2)16(3)13(18)10-17-9-6-14(11-17)4-7-15-8-5-14;/h12,15H,4-11H2,1-3H3;1H. The largest absolute Gasteiger partial charge is 0.342 e. The van der Waals surface area contributed by atoms with E-state index in [1.807, 2.05) is 11.9 Å². The van der Waals surface area contributed by atoms with Crippen molar-refractivity contribution in [3.8, 4) is 0 Å². The van der Waals surface area contributed by atoms with E-state index in [2.05, 4.69) is 24.1 Å². The van der Waals surface area contributed by atoms with Gasteiger partial charge in [-0.3, -0.25) is 9.69 Å². The summed E-state index contributed by atoms with van der Waals surface area (Å²) < 4.78 is 0. The molecule has 0 aliphatic carbocycles. The molecular formula is C14H28ClN3O. The minimum absolute atomic E-state index is 0. The number of likely N-dealkylation sites (tertiary alicyclic amines) is 1. The van der Waals surface area contributed by atoms with Crippen molar-refractivity contribution in [2.24, 2.45) is 5.41 Å². The van der Waals surface area contributed by atoms with Crippen LogP contribution < -0.4 is 5.32 Å². The molecule has 2 aliphatic rings. The first kappa shape index (κ1) is 16.7. The van der Waals surface area contributed by atoms with E-state index in [0.29, 0.717) is 18.0 Å². The fourth-order valence-corrected chi connectivity index (χ4v) is 3.12. The number of nitrogens with zero attached hydrogens (tertiary/aromatic N) is 2. The summed E-state index contributed by atoms with van der Waals surface area (Å²) in [5.74, 6) is 0.260. The van der Waals surface area contributed by atoms with E-state index in [1.165, 1.54) is 19.3 Å². The van der Waals surface area contributed by atoms with Crippen molar-refractivity contribution >= 4 is 18.3 Å². The molecule has 0 aromatic carbocycles. The molecule has 2 heterocycles. The number of halogens is 1. The molecule has 2 fully saturated rings. The topological polar surface area (TPSA) is 35.6 Å². The normalized spacial score (nSPS) is 22.5. The smallest absolute Gasteiger partial charge is 0.236 e. The molecule has 0 aromatic heterocycles. The molecule has 1 N–H and O–H groups in total. The van der Waals surface area contributed by atoms with Gasteiger partial charge in [0.25, 0.3) is 0 Å². The SMILES string of the molecule is CC(C)N(C)C(=O)CN1CCC2(CCNCC2)C1.Cl. The highest BCUT2D eigenvalue weighted by Crippen LogP contribution is 2.38. The summed E-state index contributed by atoms with van der Waals surface area (Å²) in [6.45, 7) is 9.24. The number of nitrogens with one attached hydrogen (secondary N) is 1. The van der Waals surface area contributed by atoms with Gasteiger partial charge in [0.05, 0.1) is 6.54 Å². The van der Waals surface area contributed by atoms with Crippen molar-refractivity contribution in [2.45, 2.75) is 39.2 Å². The van der Waals surface area contributed by atoms with Crippen LogP contribution in [0.3, 0.4) is 0 Å². The van der Waals surface area contributed by atoms with E-state index in [9.17, 15) is 4.79 Å². The lowest BCUT2D eigenvalue weighted by Gasteiger charge is -2.34. The average Bonchev–Trinajstić information content (AvgIpc) is 2.71. The monoisotopic (exact) mass is 289 g/mol. The fourth-order valence-electron chi connectivity index (χ4n) is 3.12. The third-order valence-electron chi connectivity index (χ3n) is 4.71. The molecule has 0 unspecified atom stereocenters. The highest BCUT2D eigenvalue weighted by molar-refractivity contribution is 5.85. The first-order valence-electron chi connectivity index (χ1n) is 7.21. The molecule has 19 heavy (non-hydrogen) atoms. The van der Waals surface area contributed by atoms with Crippen molar-refractivity contribution < 1.29 is 4.79 Å². The number of carbonyl (C=O) groups excluding carboxylic acids is 1. The Morgan fingerprint density at radius 3 is 2.53 bits per heavy atom. The zero-order valence-electron chi connectivity index (χ0n) is 12.4. The number of likely N-dealkylation sites (N-methyl/N-ethyl adjacent to an activating group) is 1. The Kier molecular flexibility index (Phi) is 6.09. The number of rotatable bonds is 3. The van der Waals surface area contributed by atoms with E-state index < -0.39 is 0 Å². The summed E-state index contributed by atoms with van der Waals surface area (Å²) in [5.41, 5.74) is 0.502. The maximum atomic E-state index is 12.1. The van der Waals surface area contributed by atoms with Gasteiger partial charge in [-0.1, -0.05) is 0 Å². The van der Waals surface area contributed by atoms with Gasteiger partial charge < -0.3 is 10.2 Å². The summed E-state index contributed by atoms with van der Waals surface area (Å²) in [4.78, 5) is 16.3. The third-order valence-corrected chi connectivity index (χ3v) is 4.71. The third kappa shape index (κ3) is 4.07. The fraction of sp³-hybridized carbons (Fsp3) is 0.929. The maximum absolute atomic E-state index is 12.1. The van der Waals surface area contributed by atoms with Crippen LogP contribution in [-0.2, 0) is 4.79 Å². The Balaban J connectivity index is 0.00000180. The Hall–Kier alpha value is -0.320. The van der Waals surface area contributed by atoms with Crippen LogP contribution in [0.4, 0.5) is 0 Å². The van der Waals surface area contributed by atoms with Gasteiger partial charge in [-0.05, 0) is 58.2 Å². The number of amides is 1. The summed E-state index contributed by atoms with van der Waals surface area (Å²) >= 11 is 0. The lowest BCUT2D eigenvalue weighted by Crippen LogP contribution is -2.43. The molecule has 5 heteroatoms. The summed E-state index contributed by atoms with van der Waals surface area (Å²) in [6.07, 6.45) is 3.82. The Bertz CT molecular complexity index is 303. The molecule has 0 bridgehead atoms. The Labute approximate surface area is 123 Å². The molecule has 2 aliphatic heterocycles. The van der Waals surface area contributed by atoms with Crippen molar-refractivity contribution in [1.29, 1.82) is 0 Å². The number of hydrogen-bond donors (Lipinski definition) is 1. The van der Waals surface area contributed by atoms with Crippen LogP contribution in [0.25, 0.3) is 0 Å². The minimum atomic E-state index is 0. The molecule has 2 rings (SSSR count). The predicted molar refractivity (Wildman–Crippen MR) is 80.7 cm³/mol. The van der Waals surface area contributed by atoms with E-state index in [-0.39, 0.29) is 18.3 Å². The quantitative estimate of drug-likeness (QED) is 0.852. The average molecular weight is 290 g/mol. The lowest BCUT2D eigenvalue weighted by atomic mass is 9.78. The van der Waals surface area contributed by atoms with E-state index in [4.69, 9.17) is 0 Å². The molecule has 0 aromatic rings. The lowest BCUT2D eigenvalue weighted by molar-refractivity contribution is -0.132. The molecule has 0 atom stereocenters. The maximum Gasteiger partial charge on any atom is 0.236 e. The van der Waals surface area contributed by atoms with E-state index in [0.717, 1.165) is 26.2 Å². The molecular weight excluding hydrogens is 262 g/mol. The number of piperidine rings is 1. The van der Waals surface area contributed by atoms with Crippen molar-refractivity contribution in [2.75, 3.05) is 39.8 Å². The zero-order valence-corrected chi connectivity index (χ0v) is 13.3. The van der Waals surface area contributed by atoms with Crippen LogP contribution in [0.1, 0.15) is 33.1 Å². The van der Waals surface area contributed by atoms with Crippen molar-refractivity contribution in [1.82, 2.24) is 15.1 Å². The summed E-state index contributed by atoms with van der Waals surface area (Å²) in [5, 5.41) is 3.43. The second-order valence-electron chi connectivity index (χ2n) is 6.31. The summed E-state index contributed by atoms with van der Waals surface area (Å²) in [6, 6.07) is 0.299. The van der Waals surface area contributed by atoms with Crippen LogP contribution >= 0.6 is 12.4 Å². The van der Waals surface area contributed by atoms with Crippen molar-refractivity contribution in [3.05, 3.63) is 0 Å². The van der Waals surface area contributed by atoms with Gasteiger partial charge in [0, 0.05) is 19.6 Å². The Morgan fingerprint density at radius 1 is 1.32 bits per heavy atom. The van der Waals surface area contributed by atoms with Crippen LogP contribution in [0.2, 0.25) is 0 Å². The molecule has 0 radical (unpaired) electrons. The predicted octanol–water partition coefficient (Wildman–Crippen LogP) is 1.35. The van der Waals surface area contributed by atoms with Gasteiger partial charge in [0.1, 0.15) is 0 Å². The van der Waals surface area contributed by atoms with Crippen molar-refractivity contribution in [3.63, 3.8) is 0 Å². The van der Waals surface area contributed by atoms with E-state index >= 15 is 0 Å². The molecule has 0 saturated carbocycles. The highest BCUT2D eigenvalue weighted by atomic mass is 35.5. The second-order valence-corrected chi connectivity index (χ2v) is 6.31. The molecule has 1 amide bonds. The molecule has 1 spiro atoms. The first-order valence-corrected chi connectivity index (χ1v) is 7.21. The van der Waals surface area contributed by atoms with Gasteiger partial charge in [-0.15, -0.1) is 12.4 Å². The molecule has 112 valence electrons.